The number of fused-ring (bicyclic) bond motifs is 4. The predicted molar refractivity (Wildman–Crippen MR) is 192 cm³/mol. The highest BCUT2D eigenvalue weighted by atomic mass is 127. The Bertz CT molecular complexity index is 1570. The highest BCUT2D eigenvalue weighted by Crippen LogP contribution is 2.47. The molecule has 0 bridgehead atoms. The van der Waals surface area contributed by atoms with E-state index in [9.17, 15) is 9.18 Å². The lowest BCUT2D eigenvalue weighted by Crippen LogP contribution is -2.51. The molecular formula is C35H48FIN8O2. The second kappa shape index (κ2) is 13.6. The maximum Gasteiger partial charge on any atom is 0.318 e. The fraction of sp³-hybridized carbons (Fsp3) is 0.600. The van der Waals surface area contributed by atoms with Crippen molar-refractivity contribution in [2.45, 2.75) is 75.2 Å². The normalized spacial score (nSPS) is 27.7. The minimum absolute atomic E-state index is 0. The summed E-state index contributed by atoms with van der Waals surface area (Å²) in [6, 6.07) is 9.22. The number of aryl methyl sites for hydroxylation is 1. The predicted octanol–water partition coefficient (Wildman–Crippen LogP) is 3.85. The average molecular weight is 759 g/mol. The molecule has 4 aliphatic heterocycles. The Morgan fingerprint density at radius 3 is 2.81 bits per heavy atom. The van der Waals surface area contributed by atoms with Gasteiger partial charge < -0.3 is 20.3 Å². The molecule has 1 aliphatic carbocycles. The van der Waals surface area contributed by atoms with Crippen LogP contribution in [-0.2, 0) is 29.7 Å². The standard InChI is InChI=1S/C35H47FN8O2.HI/c1-41(2)32(45)29(37)17-26-21-43(15-8-14-38-26)31-27-22-42(3)35(13-6-10-24-9-4-5-11-28(24)35)19-30(27)39-33(40-31)46-23-34-12-7-16-44(34)20-25(36)18-34;/h4-5,9,11,17,25H,6-8,10,12-16,18-23,37H2,1-3H3;1H/b29-17-;/t25-,34+,35+;/m1./s1. The van der Waals surface area contributed by atoms with Crippen molar-refractivity contribution in [1.29, 1.82) is 0 Å². The maximum atomic E-state index is 14.6. The summed E-state index contributed by atoms with van der Waals surface area (Å²) >= 11 is 0. The fourth-order valence-electron chi connectivity index (χ4n) is 8.64. The van der Waals surface area contributed by atoms with Gasteiger partial charge in [0.05, 0.1) is 34.7 Å². The van der Waals surface area contributed by atoms with Crippen molar-refractivity contribution < 1.29 is 13.9 Å². The Balaban J connectivity index is 0.00000386. The Kier molecular flexibility index (Phi) is 9.84. The number of nitrogens with zero attached hydrogens (tertiary/aromatic N) is 7. The first kappa shape index (κ1) is 34.0. The first-order valence-corrected chi connectivity index (χ1v) is 16.9. The van der Waals surface area contributed by atoms with Crippen LogP contribution in [0.2, 0.25) is 0 Å². The summed E-state index contributed by atoms with van der Waals surface area (Å²) in [7, 11) is 5.61. The summed E-state index contributed by atoms with van der Waals surface area (Å²) in [5.74, 6) is 0.609. The van der Waals surface area contributed by atoms with Crippen LogP contribution < -0.4 is 15.4 Å². The fourth-order valence-corrected chi connectivity index (χ4v) is 8.64. The number of aromatic nitrogens is 2. The van der Waals surface area contributed by atoms with Gasteiger partial charge in [-0.15, -0.1) is 24.0 Å². The molecule has 5 aliphatic rings. The molecule has 1 spiro atoms. The van der Waals surface area contributed by atoms with Crippen LogP contribution in [0.1, 0.15) is 60.9 Å². The third kappa shape index (κ3) is 6.37. The van der Waals surface area contributed by atoms with Crippen LogP contribution in [0.15, 0.2) is 41.0 Å². The van der Waals surface area contributed by atoms with Crippen LogP contribution >= 0.6 is 24.0 Å². The van der Waals surface area contributed by atoms with Crippen molar-refractivity contribution in [3.63, 3.8) is 0 Å². The zero-order valence-electron chi connectivity index (χ0n) is 27.9. The number of benzene rings is 1. The molecule has 1 amide bonds. The quantitative estimate of drug-likeness (QED) is 0.351. The van der Waals surface area contributed by atoms with Gasteiger partial charge in [-0.1, -0.05) is 24.3 Å². The van der Waals surface area contributed by atoms with Gasteiger partial charge in [-0.25, -0.2) is 4.39 Å². The minimum atomic E-state index is -0.819. The number of carbonyl (C=O) groups excluding carboxylic acids is 1. The summed E-state index contributed by atoms with van der Waals surface area (Å²) in [4.78, 5) is 36.0. The van der Waals surface area contributed by atoms with E-state index in [0.717, 1.165) is 80.8 Å². The summed E-state index contributed by atoms with van der Waals surface area (Å²) in [5.41, 5.74) is 11.6. The largest absolute Gasteiger partial charge is 0.461 e. The zero-order chi connectivity index (χ0) is 32.1. The van der Waals surface area contributed by atoms with Gasteiger partial charge in [-0.3, -0.25) is 19.6 Å². The molecule has 47 heavy (non-hydrogen) atoms. The molecule has 2 saturated heterocycles. The van der Waals surface area contributed by atoms with E-state index in [1.165, 1.54) is 16.0 Å². The summed E-state index contributed by atoms with van der Waals surface area (Å²) < 4.78 is 21.1. The number of amides is 1. The van der Waals surface area contributed by atoms with E-state index >= 15 is 0 Å². The number of rotatable bonds is 6. The molecule has 0 saturated carbocycles. The van der Waals surface area contributed by atoms with E-state index in [1.807, 2.05) is 0 Å². The van der Waals surface area contributed by atoms with Gasteiger partial charge in [0, 0.05) is 58.7 Å². The van der Waals surface area contributed by atoms with Crippen molar-refractivity contribution in [3.8, 4) is 6.01 Å². The summed E-state index contributed by atoms with van der Waals surface area (Å²) in [5, 5.41) is 0. The topological polar surface area (TPSA) is 103 Å². The minimum Gasteiger partial charge on any atom is -0.461 e. The number of nitrogens with two attached hydrogens (primary N) is 1. The Hall–Kier alpha value is -2.84. The second-order valence-electron chi connectivity index (χ2n) is 14.1. The SMILES string of the molecule is CN(C)C(=O)/C(N)=C/C1=NCCCN(c2nc(OC[C@@]34CCCN3C[C@H](F)C4)nc3c2CN(C)[C@@]2(CCCc4ccccc42)C3)C1.I. The number of likely N-dealkylation sites (N-methyl/N-ethyl adjacent to an activating group) is 2. The molecular weight excluding hydrogens is 710 g/mol. The average Bonchev–Trinajstić information content (AvgIpc) is 3.46. The molecule has 254 valence electrons. The molecule has 2 aromatic rings. The van der Waals surface area contributed by atoms with E-state index in [1.54, 1.807) is 20.2 Å². The maximum absolute atomic E-state index is 14.6. The number of carbonyl (C=O) groups is 1. The van der Waals surface area contributed by atoms with Gasteiger partial charge >= 0.3 is 6.01 Å². The number of hydrogen-bond acceptors (Lipinski definition) is 9. The van der Waals surface area contributed by atoms with Crippen LogP contribution in [0, 0.1) is 0 Å². The zero-order valence-corrected chi connectivity index (χ0v) is 30.2. The lowest BCUT2D eigenvalue weighted by molar-refractivity contribution is -0.124. The lowest BCUT2D eigenvalue weighted by atomic mass is 9.71. The van der Waals surface area contributed by atoms with Gasteiger partial charge in [-0.05, 0) is 69.3 Å². The van der Waals surface area contributed by atoms with Gasteiger partial charge in [0.2, 0.25) is 0 Å². The van der Waals surface area contributed by atoms with Crippen LogP contribution in [-0.4, -0.2) is 108 Å². The third-order valence-corrected chi connectivity index (χ3v) is 11.0. The first-order chi connectivity index (χ1) is 22.2. The smallest absolute Gasteiger partial charge is 0.318 e. The monoisotopic (exact) mass is 758 g/mol. The van der Waals surface area contributed by atoms with E-state index in [0.29, 0.717) is 45.2 Å². The number of ether oxygens (including phenoxy) is 1. The summed E-state index contributed by atoms with van der Waals surface area (Å²) in [6.45, 7) is 4.37. The lowest BCUT2D eigenvalue weighted by Gasteiger charge is -2.49. The highest BCUT2D eigenvalue weighted by molar-refractivity contribution is 14.0. The van der Waals surface area contributed by atoms with E-state index in [4.69, 9.17) is 25.4 Å². The molecule has 0 unspecified atom stereocenters. The molecule has 2 N–H and O–H groups in total. The van der Waals surface area contributed by atoms with Crippen molar-refractivity contribution >= 4 is 41.4 Å². The number of anilines is 1. The van der Waals surface area contributed by atoms with Crippen LogP contribution in [0.3, 0.4) is 0 Å². The molecule has 3 atom stereocenters. The Morgan fingerprint density at radius 2 is 1.98 bits per heavy atom. The van der Waals surface area contributed by atoms with E-state index < -0.39 is 6.17 Å². The van der Waals surface area contributed by atoms with Crippen molar-refractivity contribution in [2.75, 3.05) is 65.4 Å². The van der Waals surface area contributed by atoms with Crippen molar-refractivity contribution in [2.24, 2.45) is 10.7 Å². The van der Waals surface area contributed by atoms with Crippen LogP contribution in [0.5, 0.6) is 6.01 Å². The number of aliphatic imine (C=N–C) groups is 1. The van der Waals surface area contributed by atoms with Gasteiger partial charge in [0.15, 0.2) is 0 Å². The molecule has 5 heterocycles. The van der Waals surface area contributed by atoms with Crippen molar-refractivity contribution in [1.82, 2.24) is 24.7 Å². The molecule has 1 aromatic carbocycles. The number of alkyl halides is 1. The third-order valence-electron chi connectivity index (χ3n) is 11.0. The van der Waals surface area contributed by atoms with Crippen LogP contribution in [0.25, 0.3) is 0 Å². The molecule has 12 heteroatoms. The van der Waals surface area contributed by atoms with Crippen LogP contribution in [0.4, 0.5) is 10.2 Å². The molecule has 2 fully saturated rings. The molecule has 0 radical (unpaired) electrons. The van der Waals surface area contributed by atoms with Gasteiger partial charge in [-0.2, -0.15) is 9.97 Å². The van der Waals surface area contributed by atoms with E-state index in [2.05, 4.69) is 46.0 Å². The highest BCUT2D eigenvalue weighted by Gasteiger charge is 2.50. The molecule has 7 rings (SSSR count). The Labute approximate surface area is 294 Å². The summed E-state index contributed by atoms with van der Waals surface area (Å²) in [6.07, 6.45) is 8.28. The molecule has 10 nitrogen and oxygen atoms in total. The van der Waals surface area contributed by atoms with Crippen molar-refractivity contribution in [3.05, 3.63) is 58.4 Å². The van der Waals surface area contributed by atoms with Gasteiger partial charge in [0.25, 0.3) is 5.91 Å². The molecule has 1 aromatic heterocycles. The first-order valence-electron chi connectivity index (χ1n) is 16.9. The van der Waals surface area contributed by atoms with Gasteiger partial charge in [0.1, 0.15) is 18.6 Å². The Morgan fingerprint density at radius 1 is 1.15 bits per heavy atom. The second-order valence-corrected chi connectivity index (χ2v) is 14.1. The van der Waals surface area contributed by atoms with E-state index in [-0.39, 0.29) is 46.7 Å². The number of hydrogen-bond donors (Lipinski definition) is 1. The number of halogens is 2.